The summed E-state index contributed by atoms with van der Waals surface area (Å²) in [4.78, 5) is 30.2. The Morgan fingerprint density at radius 2 is 1.97 bits per heavy atom. The molecule has 5 nitrogen and oxygen atoms in total. The van der Waals surface area contributed by atoms with Crippen molar-refractivity contribution in [3.05, 3.63) is 62.4 Å². The summed E-state index contributed by atoms with van der Waals surface area (Å²) in [6.45, 7) is 8.65. The molecule has 1 aromatic heterocycles. The number of carbonyl (C=O) groups is 1. The Bertz CT molecular complexity index is 1120. The first-order valence-corrected chi connectivity index (χ1v) is 11.2. The second kappa shape index (κ2) is 9.13. The molecule has 0 bridgehead atoms. The van der Waals surface area contributed by atoms with Crippen LogP contribution >= 0.6 is 27.7 Å². The van der Waals surface area contributed by atoms with Gasteiger partial charge in [-0.15, -0.1) is 0 Å². The summed E-state index contributed by atoms with van der Waals surface area (Å²) in [6.07, 6.45) is 0. The van der Waals surface area contributed by atoms with E-state index in [1.54, 1.807) is 10.6 Å². The number of rotatable bonds is 6. The average molecular weight is 474 g/mol. The number of benzene rings is 2. The molecule has 0 aliphatic carbocycles. The third kappa shape index (κ3) is 5.28. The highest BCUT2D eigenvalue weighted by molar-refractivity contribution is 9.10. The number of aromatic nitrogens is 2. The number of halogens is 1. The number of thioether (sulfide) groups is 1. The number of amides is 1. The number of carbonyl (C=O) groups excluding carboxylic acids is 1. The molecule has 1 N–H and O–H groups in total. The topological polar surface area (TPSA) is 64.0 Å². The molecule has 29 heavy (non-hydrogen) atoms. The Morgan fingerprint density at radius 1 is 1.21 bits per heavy atom. The molecular weight excluding hydrogens is 450 g/mol. The van der Waals surface area contributed by atoms with E-state index in [1.807, 2.05) is 44.2 Å². The zero-order chi connectivity index (χ0) is 21.1. The molecule has 0 aliphatic heterocycles. The van der Waals surface area contributed by atoms with Gasteiger partial charge in [-0.05, 0) is 49.6 Å². The van der Waals surface area contributed by atoms with E-state index in [0.29, 0.717) is 22.6 Å². The van der Waals surface area contributed by atoms with Crippen LogP contribution in [0, 0.1) is 19.8 Å². The number of hydrogen-bond donors (Lipinski definition) is 1. The fraction of sp³-hybridized carbons (Fsp3) is 0.318. The summed E-state index contributed by atoms with van der Waals surface area (Å²) in [5.74, 6) is 0.338. The van der Waals surface area contributed by atoms with E-state index < -0.39 is 0 Å². The summed E-state index contributed by atoms with van der Waals surface area (Å²) in [5, 5.41) is 4.08. The highest BCUT2D eigenvalue weighted by Gasteiger charge is 2.15. The molecule has 0 spiro atoms. The minimum Gasteiger partial charge on any atom is -0.325 e. The van der Waals surface area contributed by atoms with Crippen LogP contribution in [0.3, 0.4) is 0 Å². The Kier molecular flexibility index (Phi) is 6.80. The number of anilines is 1. The Morgan fingerprint density at radius 3 is 2.66 bits per heavy atom. The second-order valence-electron chi connectivity index (χ2n) is 7.52. The Labute approximate surface area is 183 Å². The first kappa shape index (κ1) is 21.6. The van der Waals surface area contributed by atoms with Crippen LogP contribution in [0.25, 0.3) is 10.9 Å². The molecule has 0 aliphatic rings. The van der Waals surface area contributed by atoms with E-state index in [2.05, 4.69) is 40.1 Å². The fourth-order valence-corrected chi connectivity index (χ4v) is 4.25. The lowest BCUT2D eigenvalue weighted by molar-refractivity contribution is -0.113. The molecule has 1 heterocycles. The van der Waals surface area contributed by atoms with E-state index in [-0.39, 0.29) is 23.1 Å². The van der Waals surface area contributed by atoms with Gasteiger partial charge in [0.05, 0.1) is 16.7 Å². The molecule has 0 atom stereocenters. The molecule has 0 unspecified atom stereocenters. The maximum absolute atomic E-state index is 13.0. The highest BCUT2D eigenvalue weighted by Crippen LogP contribution is 2.22. The third-order valence-corrected chi connectivity index (χ3v) is 5.89. The van der Waals surface area contributed by atoms with Crippen molar-refractivity contribution in [2.45, 2.75) is 39.4 Å². The minimum atomic E-state index is -0.122. The standard InChI is InChI=1S/C22H24BrN3O2S/c1-13(2)11-26-21(28)17-10-16(23)6-8-19(17)25-22(26)29-12-20(27)24-18-7-5-14(3)9-15(18)4/h5-10,13H,11-12H2,1-4H3,(H,24,27). The molecule has 0 saturated heterocycles. The van der Waals surface area contributed by atoms with Crippen molar-refractivity contribution in [2.24, 2.45) is 5.92 Å². The third-order valence-electron chi connectivity index (χ3n) is 4.42. The molecule has 2 aromatic carbocycles. The summed E-state index contributed by atoms with van der Waals surface area (Å²) < 4.78 is 2.52. The summed E-state index contributed by atoms with van der Waals surface area (Å²) >= 11 is 4.70. The number of hydrogen-bond acceptors (Lipinski definition) is 4. The fourth-order valence-electron chi connectivity index (χ4n) is 3.08. The molecule has 0 radical (unpaired) electrons. The number of nitrogens with one attached hydrogen (secondary N) is 1. The zero-order valence-corrected chi connectivity index (χ0v) is 19.4. The monoisotopic (exact) mass is 473 g/mol. The summed E-state index contributed by atoms with van der Waals surface area (Å²) in [5.41, 5.74) is 3.53. The van der Waals surface area contributed by atoms with Crippen molar-refractivity contribution in [1.82, 2.24) is 9.55 Å². The van der Waals surface area contributed by atoms with Crippen LogP contribution in [0.2, 0.25) is 0 Å². The van der Waals surface area contributed by atoms with Gasteiger partial charge in [0, 0.05) is 16.7 Å². The van der Waals surface area contributed by atoms with Gasteiger partial charge in [-0.3, -0.25) is 14.2 Å². The summed E-state index contributed by atoms with van der Waals surface area (Å²) in [6, 6.07) is 11.4. The van der Waals surface area contributed by atoms with Gasteiger partial charge in [-0.1, -0.05) is 59.2 Å². The van der Waals surface area contributed by atoms with Gasteiger partial charge in [-0.2, -0.15) is 0 Å². The molecule has 3 aromatic rings. The minimum absolute atomic E-state index is 0.0812. The lowest BCUT2D eigenvalue weighted by Crippen LogP contribution is -2.26. The quantitative estimate of drug-likeness (QED) is 0.396. The van der Waals surface area contributed by atoms with Gasteiger partial charge in [0.2, 0.25) is 5.91 Å². The van der Waals surface area contributed by atoms with Gasteiger partial charge < -0.3 is 5.32 Å². The number of aryl methyl sites for hydroxylation is 2. The summed E-state index contributed by atoms with van der Waals surface area (Å²) in [7, 11) is 0. The largest absolute Gasteiger partial charge is 0.325 e. The predicted octanol–water partition coefficient (Wildman–Crippen LogP) is 5.16. The van der Waals surface area contributed by atoms with E-state index >= 15 is 0 Å². The normalized spacial score (nSPS) is 11.2. The highest BCUT2D eigenvalue weighted by atomic mass is 79.9. The van der Waals surface area contributed by atoms with Crippen molar-refractivity contribution < 1.29 is 4.79 Å². The van der Waals surface area contributed by atoms with E-state index in [4.69, 9.17) is 0 Å². The smallest absolute Gasteiger partial charge is 0.262 e. The zero-order valence-electron chi connectivity index (χ0n) is 17.0. The van der Waals surface area contributed by atoms with E-state index in [0.717, 1.165) is 21.3 Å². The van der Waals surface area contributed by atoms with Gasteiger partial charge in [-0.25, -0.2) is 4.98 Å². The van der Waals surface area contributed by atoms with Crippen LogP contribution in [0.1, 0.15) is 25.0 Å². The lowest BCUT2D eigenvalue weighted by atomic mass is 10.1. The Balaban J connectivity index is 1.85. The lowest BCUT2D eigenvalue weighted by Gasteiger charge is -2.15. The van der Waals surface area contributed by atoms with Crippen molar-refractivity contribution in [3.63, 3.8) is 0 Å². The maximum Gasteiger partial charge on any atom is 0.262 e. The molecule has 7 heteroatoms. The molecular formula is C22H24BrN3O2S. The van der Waals surface area contributed by atoms with Crippen molar-refractivity contribution >= 4 is 50.2 Å². The number of nitrogens with zero attached hydrogens (tertiary/aromatic N) is 2. The van der Waals surface area contributed by atoms with Crippen molar-refractivity contribution in [2.75, 3.05) is 11.1 Å². The van der Waals surface area contributed by atoms with Crippen LogP contribution in [0.5, 0.6) is 0 Å². The molecule has 0 fully saturated rings. The molecule has 152 valence electrons. The van der Waals surface area contributed by atoms with Crippen LogP contribution in [-0.4, -0.2) is 21.2 Å². The van der Waals surface area contributed by atoms with Crippen LogP contribution in [-0.2, 0) is 11.3 Å². The predicted molar refractivity (Wildman–Crippen MR) is 124 cm³/mol. The molecule has 0 saturated carbocycles. The van der Waals surface area contributed by atoms with Crippen LogP contribution < -0.4 is 10.9 Å². The molecule has 1 amide bonds. The van der Waals surface area contributed by atoms with Gasteiger partial charge >= 0.3 is 0 Å². The average Bonchev–Trinajstić information content (AvgIpc) is 2.65. The second-order valence-corrected chi connectivity index (χ2v) is 9.38. The maximum atomic E-state index is 13.0. The van der Waals surface area contributed by atoms with Gasteiger partial charge in [0.1, 0.15) is 0 Å². The van der Waals surface area contributed by atoms with E-state index in [9.17, 15) is 9.59 Å². The van der Waals surface area contributed by atoms with Crippen LogP contribution in [0.4, 0.5) is 5.69 Å². The first-order chi connectivity index (χ1) is 13.7. The van der Waals surface area contributed by atoms with Gasteiger partial charge in [0.25, 0.3) is 5.56 Å². The van der Waals surface area contributed by atoms with Crippen molar-refractivity contribution in [3.8, 4) is 0 Å². The first-order valence-electron chi connectivity index (χ1n) is 9.44. The SMILES string of the molecule is Cc1ccc(NC(=O)CSc2nc3ccc(Br)cc3c(=O)n2CC(C)C)c(C)c1. The Hall–Kier alpha value is -2.12. The van der Waals surface area contributed by atoms with Crippen molar-refractivity contribution in [1.29, 1.82) is 0 Å². The number of fused-ring (bicyclic) bond motifs is 1. The van der Waals surface area contributed by atoms with E-state index in [1.165, 1.54) is 11.8 Å². The van der Waals surface area contributed by atoms with Gasteiger partial charge in [0.15, 0.2) is 5.16 Å². The van der Waals surface area contributed by atoms with Crippen LogP contribution in [0.15, 0.2) is 50.8 Å². The molecule has 3 rings (SSSR count).